The van der Waals surface area contributed by atoms with Crippen molar-refractivity contribution in [3.63, 3.8) is 0 Å². The van der Waals surface area contributed by atoms with E-state index in [1.54, 1.807) is 30.5 Å². The number of carboxylic acids is 1. The van der Waals surface area contributed by atoms with Gasteiger partial charge in [0, 0.05) is 34.8 Å². The number of ether oxygens (including phenoxy) is 1. The lowest BCUT2D eigenvalue weighted by Gasteiger charge is -2.13. The molecule has 0 amide bonds. The lowest BCUT2D eigenvalue weighted by Crippen LogP contribution is -2.05. The molecule has 0 fully saturated rings. The molecule has 4 aromatic rings. The molecule has 6 nitrogen and oxygen atoms in total. The van der Waals surface area contributed by atoms with Crippen LogP contribution in [0.5, 0.6) is 5.75 Å². The predicted octanol–water partition coefficient (Wildman–Crippen LogP) is 5.03. The number of benzene rings is 2. The van der Waals surface area contributed by atoms with Gasteiger partial charge in [0.1, 0.15) is 17.9 Å². The van der Waals surface area contributed by atoms with Crippen molar-refractivity contribution in [2.24, 2.45) is 5.73 Å². The van der Waals surface area contributed by atoms with E-state index in [1.165, 1.54) is 6.20 Å². The summed E-state index contributed by atoms with van der Waals surface area (Å²) >= 11 is 0. The number of aromatic nitrogens is 1. The maximum atomic E-state index is 14.9. The zero-order valence-electron chi connectivity index (χ0n) is 17.3. The van der Waals surface area contributed by atoms with Gasteiger partial charge < -0.3 is 20.0 Å². The minimum Gasteiger partial charge on any atom is -0.489 e. The van der Waals surface area contributed by atoms with Crippen molar-refractivity contribution >= 4 is 29.3 Å². The molecule has 3 N–H and O–H groups in total. The molecule has 0 aliphatic carbocycles. The van der Waals surface area contributed by atoms with Crippen molar-refractivity contribution in [1.82, 2.24) is 4.98 Å². The third-order valence-corrected chi connectivity index (χ3v) is 5.01. The Kier molecular flexibility index (Phi) is 7.12. The molecule has 0 atom stereocenters. The van der Waals surface area contributed by atoms with Crippen molar-refractivity contribution in [3.05, 3.63) is 83.1 Å². The summed E-state index contributed by atoms with van der Waals surface area (Å²) in [4.78, 5) is 15.2. The van der Waals surface area contributed by atoms with Gasteiger partial charge in [-0.2, -0.15) is 0 Å². The van der Waals surface area contributed by atoms with Crippen LogP contribution in [0.2, 0.25) is 0 Å². The second kappa shape index (κ2) is 9.80. The zero-order valence-corrected chi connectivity index (χ0v) is 18.1. The number of fused-ring (bicyclic) bond motifs is 1. The lowest BCUT2D eigenvalue weighted by molar-refractivity contribution is -0.136. The highest BCUT2D eigenvalue weighted by Gasteiger charge is 2.16. The molecule has 0 aliphatic heterocycles. The second-order valence-electron chi connectivity index (χ2n) is 7.28. The van der Waals surface area contributed by atoms with Crippen LogP contribution in [0.4, 0.5) is 4.39 Å². The molecule has 0 saturated carbocycles. The number of carboxylic acid groups (broad SMARTS) is 1. The molecule has 0 radical (unpaired) electrons. The van der Waals surface area contributed by atoms with Crippen molar-refractivity contribution in [3.8, 4) is 16.9 Å². The first-order valence-corrected chi connectivity index (χ1v) is 9.74. The van der Waals surface area contributed by atoms with Crippen LogP contribution in [0.3, 0.4) is 0 Å². The molecule has 0 unspecified atom stereocenters. The smallest absolute Gasteiger partial charge is 0.307 e. The highest BCUT2D eigenvalue weighted by atomic mass is 35.5. The average molecular weight is 457 g/mol. The van der Waals surface area contributed by atoms with Crippen LogP contribution in [0, 0.1) is 12.7 Å². The third-order valence-electron chi connectivity index (χ3n) is 5.01. The Morgan fingerprint density at radius 1 is 1.19 bits per heavy atom. The van der Waals surface area contributed by atoms with Crippen molar-refractivity contribution in [1.29, 1.82) is 0 Å². The van der Waals surface area contributed by atoms with E-state index in [2.05, 4.69) is 4.98 Å². The number of aryl methyl sites for hydroxylation is 1. The monoisotopic (exact) mass is 456 g/mol. The topological polar surface area (TPSA) is 98.6 Å². The Balaban J connectivity index is 0.00000289. The third kappa shape index (κ3) is 4.74. The molecule has 32 heavy (non-hydrogen) atoms. The fraction of sp³-hybridized carbons (Fsp3) is 0.167. The molecule has 8 heteroatoms. The molecule has 2 aromatic carbocycles. The number of aliphatic carboxylic acids is 1. The van der Waals surface area contributed by atoms with Crippen molar-refractivity contribution < 1.29 is 23.4 Å². The van der Waals surface area contributed by atoms with Gasteiger partial charge in [-0.25, -0.2) is 4.39 Å². The molecule has 0 aliphatic rings. The maximum absolute atomic E-state index is 14.9. The molecular formula is C24H22ClFN2O4. The molecule has 2 heterocycles. The van der Waals surface area contributed by atoms with Crippen LogP contribution in [0.1, 0.15) is 22.4 Å². The van der Waals surface area contributed by atoms with Crippen molar-refractivity contribution in [2.45, 2.75) is 26.5 Å². The maximum Gasteiger partial charge on any atom is 0.307 e. The minimum absolute atomic E-state index is 0. The van der Waals surface area contributed by atoms with Crippen LogP contribution in [0.25, 0.3) is 22.1 Å². The summed E-state index contributed by atoms with van der Waals surface area (Å²) in [5.74, 6) is -0.903. The number of nitrogens with two attached hydrogens (primary N) is 1. The number of carbonyl (C=O) groups is 1. The Bertz CT molecular complexity index is 1270. The molecular weight excluding hydrogens is 435 g/mol. The summed E-state index contributed by atoms with van der Waals surface area (Å²) in [5.41, 5.74) is 9.60. The number of furan rings is 1. The van der Waals surface area contributed by atoms with Crippen LogP contribution in [0.15, 0.2) is 59.3 Å². The summed E-state index contributed by atoms with van der Waals surface area (Å²) in [6.45, 7) is 2.08. The number of hydrogen-bond acceptors (Lipinski definition) is 5. The standard InChI is InChI=1S/C24H21FN2O4.ClH/c1-14-2-3-16(11-22(28)29)21(8-14)31-13-15-9-17-5-7-30-24(17)19(10-15)18-4-6-27-20(12-26)23(18)25;/h2-10H,11-13,26H2,1H3,(H,28,29);1H. The highest BCUT2D eigenvalue weighted by Crippen LogP contribution is 2.34. The Morgan fingerprint density at radius 2 is 2.00 bits per heavy atom. The van der Waals surface area contributed by atoms with Gasteiger partial charge in [-0.05, 0) is 48.4 Å². The van der Waals surface area contributed by atoms with E-state index in [0.29, 0.717) is 28.0 Å². The number of pyridine rings is 1. The number of rotatable bonds is 7. The van der Waals surface area contributed by atoms with Gasteiger partial charge in [-0.1, -0.05) is 12.1 Å². The van der Waals surface area contributed by atoms with Gasteiger partial charge in [0.15, 0.2) is 5.82 Å². The van der Waals surface area contributed by atoms with Crippen molar-refractivity contribution in [2.75, 3.05) is 0 Å². The second-order valence-corrected chi connectivity index (χ2v) is 7.28. The number of hydrogen-bond donors (Lipinski definition) is 2. The van der Waals surface area contributed by atoms with E-state index in [0.717, 1.165) is 16.5 Å². The summed E-state index contributed by atoms with van der Waals surface area (Å²) in [7, 11) is 0. The first-order chi connectivity index (χ1) is 15.0. The molecule has 0 spiro atoms. The van der Waals surface area contributed by atoms with E-state index in [9.17, 15) is 9.18 Å². The van der Waals surface area contributed by atoms with E-state index in [1.807, 2.05) is 25.1 Å². The van der Waals surface area contributed by atoms with Crippen LogP contribution in [-0.2, 0) is 24.4 Å². The van der Waals surface area contributed by atoms with E-state index < -0.39 is 11.8 Å². The molecule has 4 rings (SSSR count). The fourth-order valence-electron chi connectivity index (χ4n) is 3.53. The van der Waals surface area contributed by atoms with Gasteiger partial charge >= 0.3 is 5.97 Å². The van der Waals surface area contributed by atoms with E-state index in [-0.39, 0.29) is 37.7 Å². The van der Waals surface area contributed by atoms with Crippen LogP contribution < -0.4 is 10.5 Å². The zero-order chi connectivity index (χ0) is 22.0. The normalized spacial score (nSPS) is 10.7. The average Bonchev–Trinajstić information content (AvgIpc) is 3.22. The summed E-state index contributed by atoms with van der Waals surface area (Å²) in [5, 5.41) is 9.96. The van der Waals surface area contributed by atoms with Crippen LogP contribution >= 0.6 is 12.4 Å². The molecule has 2 aromatic heterocycles. The quantitative estimate of drug-likeness (QED) is 0.404. The fourth-order valence-corrected chi connectivity index (χ4v) is 3.53. The number of nitrogens with zero attached hydrogens (tertiary/aromatic N) is 1. The van der Waals surface area contributed by atoms with Gasteiger partial charge in [-0.3, -0.25) is 9.78 Å². The highest BCUT2D eigenvalue weighted by molar-refractivity contribution is 5.93. The SMILES string of the molecule is Cc1ccc(CC(=O)O)c(OCc2cc(-c3ccnc(CN)c3F)c3occc3c2)c1.Cl. The first kappa shape index (κ1) is 23.2. The van der Waals surface area contributed by atoms with E-state index in [4.69, 9.17) is 20.0 Å². The van der Waals surface area contributed by atoms with Gasteiger partial charge in [0.05, 0.1) is 18.4 Å². The molecule has 166 valence electrons. The Hall–Kier alpha value is -3.42. The Labute approximate surface area is 190 Å². The van der Waals surface area contributed by atoms with Gasteiger partial charge in [0.25, 0.3) is 0 Å². The summed E-state index contributed by atoms with van der Waals surface area (Å²) in [6.07, 6.45) is 2.93. The largest absolute Gasteiger partial charge is 0.489 e. The first-order valence-electron chi connectivity index (χ1n) is 9.74. The van der Waals surface area contributed by atoms with Crippen LogP contribution in [-0.4, -0.2) is 16.1 Å². The number of halogens is 2. The minimum atomic E-state index is -0.931. The van der Waals surface area contributed by atoms with E-state index >= 15 is 0 Å². The van der Waals surface area contributed by atoms with Gasteiger partial charge in [0.2, 0.25) is 0 Å². The van der Waals surface area contributed by atoms with Gasteiger partial charge in [-0.15, -0.1) is 12.4 Å². The molecule has 0 saturated heterocycles. The summed E-state index contributed by atoms with van der Waals surface area (Å²) < 4.78 is 26.5. The molecule has 0 bridgehead atoms. The summed E-state index contributed by atoms with van der Waals surface area (Å²) in [6, 6.07) is 12.5. The Morgan fingerprint density at radius 3 is 2.75 bits per heavy atom. The lowest BCUT2D eigenvalue weighted by atomic mass is 10.00. The predicted molar refractivity (Wildman–Crippen MR) is 121 cm³/mol.